The van der Waals surface area contributed by atoms with E-state index < -0.39 is 6.04 Å². The van der Waals surface area contributed by atoms with E-state index in [1.54, 1.807) is 36.3 Å². The fourth-order valence-electron chi connectivity index (χ4n) is 2.15. The van der Waals surface area contributed by atoms with Crippen LogP contribution >= 0.6 is 0 Å². The average Bonchev–Trinajstić information content (AvgIpc) is 3.07. The van der Waals surface area contributed by atoms with Crippen LogP contribution in [0.5, 0.6) is 0 Å². The Bertz CT molecular complexity index is 464. The molecule has 0 radical (unpaired) electrons. The summed E-state index contributed by atoms with van der Waals surface area (Å²) in [7, 11) is 0. The number of likely N-dealkylation sites (tertiary alicyclic amines) is 1. The van der Waals surface area contributed by atoms with Crippen LogP contribution in [0, 0.1) is 0 Å². The third-order valence-corrected chi connectivity index (χ3v) is 3.03. The Morgan fingerprint density at radius 1 is 1.58 bits per heavy atom. The van der Waals surface area contributed by atoms with E-state index in [1.807, 2.05) is 0 Å². The van der Waals surface area contributed by atoms with Crippen LogP contribution in [0.2, 0.25) is 0 Å². The van der Waals surface area contributed by atoms with Gasteiger partial charge in [-0.15, -0.1) is 0 Å². The van der Waals surface area contributed by atoms with E-state index in [4.69, 9.17) is 9.15 Å². The number of amides is 1. The SMILES string of the molecule is CCOC(=O)C1CCCN1C(=O)C=Cc1ccco1. The lowest BCUT2D eigenvalue weighted by atomic mass is 10.2. The predicted molar refractivity (Wildman–Crippen MR) is 69.1 cm³/mol. The molecule has 0 aromatic carbocycles. The normalized spacial score (nSPS) is 19.0. The predicted octanol–water partition coefficient (Wildman–Crippen LogP) is 1.85. The summed E-state index contributed by atoms with van der Waals surface area (Å²) in [5.74, 6) is 0.104. The molecule has 1 aliphatic heterocycles. The standard InChI is InChI=1S/C14H17NO4/c1-2-18-14(17)12-6-3-9-15(12)13(16)8-7-11-5-4-10-19-11/h4-5,7-8,10,12H,2-3,6,9H2,1H3. The molecule has 5 nitrogen and oxygen atoms in total. The van der Waals surface area contributed by atoms with Gasteiger partial charge in [-0.2, -0.15) is 0 Å². The third-order valence-electron chi connectivity index (χ3n) is 3.03. The number of nitrogens with zero attached hydrogens (tertiary/aromatic N) is 1. The van der Waals surface area contributed by atoms with Gasteiger partial charge in [-0.05, 0) is 38.0 Å². The molecule has 2 heterocycles. The summed E-state index contributed by atoms with van der Waals surface area (Å²) in [4.78, 5) is 25.3. The first kappa shape index (κ1) is 13.4. The van der Waals surface area contributed by atoms with Crippen LogP contribution < -0.4 is 0 Å². The zero-order valence-electron chi connectivity index (χ0n) is 10.9. The molecular formula is C14H17NO4. The topological polar surface area (TPSA) is 59.8 Å². The Morgan fingerprint density at radius 2 is 2.42 bits per heavy atom. The first-order chi connectivity index (χ1) is 9.22. The minimum atomic E-state index is -0.450. The van der Waals surface area contributed by atoms with E-state index in [9.17, 15) is 9.59 Å². The molecule has 0 bridgehead atoms. The summed E-state index contributed by atoms with van der Waals surface area (Å²) < 4.78 is 10.1. The van der Waals surface area contributed by atoms with E-state index >= 15 is 0 Å². The maximum Gasteiger partial charge on any atom is 0.328 e. The number of carbonyl (C=O) groups is 2. The minimum Gasteiger partial charge on any atom is -0.465 e. The second-order valence-electron chi connectivity index (χ2n) is 4.29. The zero-order valence-corrected chi connectivity index (χ0v) is 10.9. The van der Waals surface area contributed by atoms with Crippen LogP contribution in [0.3, 0.4) is 0 Å². The third kappa shape index (κ3) is 3.24. The van der Waals surface area contributed by atoms with Crippen molar-refractivity contribution in [2.45, 2.75) is 25.8 Å². The van der Waals surface area contributed by atoms with Crippen molar-refractivity contribution in [2.75, 3.05) is 13.2 Å². The first-order valence-corrected chi connectivity index (χ1v) is 6.41. The number of hydrogen-bond donors (Lipinski definition) is 0. The quantitative estimate of drug-likeness (QED) is 0.614. The van der Waals surface area contributed by atoms with Crippen molar-refractivity contribution in [1.29, 1.82) is 0 Å². The monoisotopic (exact) mass is 263 g/mol. The van der Waals surface area contributed by atoms with Crippen LogP contribution in [0.25, 0.3) is 6.08 Å². The lowest BCUT2D eigenvalue weighted by molar-refractivity contribution is -0.151. The van der Waals surface area contributed by atoms with Crippen molar-refractivity contribution >= 4 is 18.0 Å². The molecule has 0 aliphatic carbocycles. The highest BCUT2D eigenvalue weighted by atomic mass is 16.5. The van der Waals surface area contributed by atoms with Crippen molar-refractivity contribution in [2.24, 2.45) is 0 Å². The first-order valence-electron chi connectivity index (χ1n) is 6.41. The average molecular weight is 263 g/mol. The second kappa shape index (κ2) is 6.22. The highest BCUT2D eigenvalue weighted by Crippen LogP contribution is 2.19. The smallest absolute Gasteiger partial charge is 0.328 e. The maximum absolute atomic E-state index is 12.0. The van der Waals surface area contributed by atoms with Crippen molar-refractivity contribution < 1.29 is 18.7 Å². The van der Waals surface area contributed by atoms with E-state index in [-0.39, 0.29) is 11.9 Å². The number of esters is 1. The van der Waals surface area contributed by atoms with Crippen LogP contribution in [-0.2, 0) is 14.3 Å². The summed E-state index contributed by atoms with van der Waals surface area (Å²) in [6.07, 6.45) is 6.06. The second-order valence-corrected chi connectivity index (χ2v) is 4.29. The van der Waals surface area contributed by atoms with Gasteiger partial charge < -0.3 is 14.1 Å². The zero-order chi connectivity index (χ0) is 13.7. The van der Waals surface area contributed by atoms with Gasteiger partial charge in [-0.1, -0.05) is 0 Å². The van der Waals surface area contributed by atoms with E-state index in [2.05, 4.69) is 0 Å². The van der Waals surface area contributed by atoms with Gasteiger partial charge in [-0.3, -0.25) is 4.79 Å². The fourth-order valence-corrected chi connectivity index (χ4v) is 2.15. The number of carbonyl (C=O) groups excluding carboxylic acids is 2. The Kier molecular flexibility index (Phi) is 4.39. The van der Waals surface area contributed by atoms with Crippen LogP contribution in [0.1, 0.15) is 25.5 Å². The lowest BCUT2D eigenvalue weighted by Gasteiger charge is -2.21. The molecule has 1 amide bonds. The molecule has 1 atom stereocenters. The molecular weight excluding hydrogens is 246 g/mol. The van der Waals surface area contributed by atoms with Crippen LogP contribution in [-0.4, -0.2) is 36.0 Å². The van der Waals surface area contributed by atoms with Crippen LogP contribution in [0.4, 0.5) is 0 Å². The summed E-state index contributed by atoms with van der Waals surface area (Å²) in [5, 5.41) is 0. The van der Waals surface area contributed by atoms with Gasteiger partial charge in [0.15, 0.2) is 0 Å². The molecule has 19 heavy (non-hydrogen) atoms. The largest absolute Gasteiger partial charge is 0.465 e. The number of furan rings is 1. The minimum absolute atomic E-state index is 0.188. The lowest BCUT2D eigenvalue weighted by Crippen LogP contribution is -2.40. The molecule has 2 rings (SSSR count). The number of ether oxygens (including phenoxy) is 1. The Hall–Kier alpha value is -2.04. The van der Waals surface area contributed by atoms with E-state index in [0.29, 0.717) is 25.3 Å². The maximum atomic E-state index is 12.0. The fraction of sp³-hybridized carbons (Fsp3) is 0.429. The molecule has 0 saturated carbocycles. The highest BCUT2D eigenvalue weighted by Gasteiger charge is 2.34. The van der Waals surface area contributed by atoms with Gasteiger partial charge in [0.2, 0.25) is 5.91 Å². The molecule has 1 aromatic heterocycles. The van der Waals surface area contributed by atoms with Crippen molar-refractivity contribution in [1.82, 2.24) is 4.90 Å². The summed E-state index contributed by atoms with van der Waals surface area (Å²) in [5.41, 5.74) is 0. The Labute approximate surface area is 111 Å². The van der Waals surface area contributed by atoms with Gasteiger partial charge in [-0.25, -0.2) is 4.79 Å². The van der Waals surface area contributed by atoms with Gasteiger partial charge in [0.05, 0.1) is 12.9 Å². The number of hydrogen-bond acceptors (Lipinski definition) is 4. The molecule has 1 fully saturated rings. The highest BCUT2D eigenvalue weighted by molar-refractivity contribution is 5.94. The van der Waals surface area contributed by atoms with Gasteiger partial charge in [0, 0.05) is 12.6 Å². The molecule has 1 saturated heterocycles. The molecule has 102 valence electrons. The summed E-state index contributed by atoms with van der Waals surface area (Å²) in [6, 6.07) is 3.06. The van der Waals surface area contributed by atoms with E-state index in [1.165, 1.54) is 6.08 Å². The molecule has 1 aliphatic rings. The Balaban J connectivity index is 1.99. The van der Waals surface area contributed by atoms with Crippen molar-refractivity contribution in [3.63, 3.8) is 0 Å². The number of rotatable bonds is 4. The summed E-state index contributed by atoms with van der Waals surface area (Å²) in [6.45, 7) is 2.68. The molecule has 1 unspecified atom stereocenters. The van der Waals surface area contributed by atoms with Gasteiger partial charge in [0.25, 0.3) is 0 Å². The van der Waals surface area contributed by atoms with Gasteiger partial charge >= 0.3 is 5.97 Å². The summed E-state index contributed by atoms with van der Waals surface area (Å²) >= 11 is 0. The van der Waals surface area contributed by atoms with E-state index in [0.717, 1.165) is 6.42 Å². The van der Waals surface area contributed by atoms with Crippen molar-refractivity contribution in [3.8, 4) is 0 Å². The van der Waals surface area contributed by atoms with Gasteiger partial charge in [0.1, 0.15) is 11.8 Å². The van der Waals surface area contributed by atoms with Crippen LogP contribution in [0.15, 0.2) is 28.9 Å². The molecule has 5 heteroatoms. The molecule has 1 aromatic rings. The Morgan fingerprint density at radius 3 is 3.11 bits per heavy atom. The molecule has 0 spiro atoms. The molecule has 0 N–H and O–H groups in total. The van der Waals surface area contributed by atoms with Crippen molar-refractivity contribution in [3.05, 3.63) is 30.2 Å².